The Morgan fingerprint density at radius 1 is 1.04 bits per heavy atom. The van der Waals surface area contributed by atoms with Gasteiger partial charge in [0, 0.05) is 36.0 Å². The number of urea groups is 1. The summed E-state index contributed by atoms with van der Waals surface area (Å²) in [6.45, 7) is 3.29. The average molecular weight is 346 g/mol. The molecule has 3 rings (SSSR count). The number of morpholine rings is 1. The van der Waals surface area contributed by atoms with Crippen LogP contribution in [0, 0.1) is 0 Å². The van der Waals surface area contributed by atoms with E-state index in [9.17, 15) is 4.79 Å². The third kappa shape index (κ3) is 4.19. The Kier molecular flexibility index (Phi) is 5.56. The third-order valence-corrected chi connectivity index (χ3v) is 4.20. The zero-order chi connectivity index (χ0) is 16.8. The van der Waals surface area contributed by atoms with Gasteiger partial charge in [0.2, 0.25) is 0 Å². The standard InChI is InChI=1S/C18H20ClN3O2/c19-13-14-3-1-2-4-17(14)21-18(23)20-15-5-7-16(8-6-15)22-9-11-24-12-10-22/h1-8H,9-13H2,(H2,20,21,23). The molecule has 0 atom stereocenters. The molecule has 5 nitrogen and oxygen atoms in total. The van der Waals surface area contributed by atoms with Crippen LogP contribution >= 0.6 is 11.6 Å². The van der Waals surface area contributed by atoms with Crippen LogP contribution in [0.1, 0.15) is 5.56 Å². The maximum atomic E-state index is 12.1. The summed E-state index contributed by atoms with van der Waals surface area (Å²) in [4.78, 5) is 14.4. The first-order chi connectivity index (χ1) is 11.8. The lowest BCUT2D eigenvalue weighted by Gasteiger charge is -2.28. The molecule has 0 bridgehead atoms. The first kappa shape index (κ1) is 16.6. The number of hydrogen-bond donors (Lipinski definition) is 2. The summed E-state index contributed by atoms with van der Waals surface area (Å²) in [6.07, 6.45) is 0. The lowest BCUT2D eigenvalue weighted by Crippen LogP contribution is -2.36. The van der Waals surface area contributed by atoms with Crippen LogP contribution in [0.5, 0.6) is 0 Å². The Balaban J connectivity index is 1.60. The van der Waals surface area contributed by atoms with Crippen molar-refractivity contribution >= 4 is 34.7 Å². The van der Waals surface area contributed by atoms with E-state index in [1.54, 1.807) is 0 Å². The van der Waals surface area contributed by atoms with Crippen molar-refractivity contribution in [2.24, 2.45) is 0 Å². The third-order valence-electron chi connectivity index (χ3n) is 3.91. The minimum Gasteiger partial charge on any atom is -0.378 e. The second kappa shape index (κ2) is 8.04. The number of alkyl halides is 1. The van der Waals surface area contributed by atoms with Crippen molar-refractivity contribution in [3.8, 4) is 0 Å². The van der Waals surface area contributed by atoms with E-state index >= 15 is 0 Å². The number of nitrogens with one attached hydrogen (secondary N) is 2. The number of benzene rings is 2. The first-order valence-corrected chi connectivity index (χ1v) is 8.44. The van der Waals surface area contributed by atoms with Crippen molar-refractivity contribution < 1.29 is 9.53 Å². The Morgan fingerprint density at radius 2 is 1.75 bits per heavy atom. The van der Waals surface area contributed by atoms with Gasteiger partial charge in [-0.1, -0.05) is 18.2 Å². The number of carbonyl (C=O) groups excluding carboxylic acids is 1. The predicted molar refractivity (Wildman–Crippen MR) is 98.1 cm³/mol. The fourth-order valence-corrected chi connectivity index (χ4v) is 2.85. The molecule has 0 aromatic heterocycles. The van der Waals surface area contributed by atoms with E-state index in [1.165, 1.54) is 0 Å². The van der Waals surface area contributed by atoms with Gasteiger partial charge in [-0.3, -0.25) is 0 Å². The lowest BCUT2D eigenvalue weighted by atomic mass is 10.2. The Morgan fingerprint density at radius 3 is 2.46 bits per heavy atom. The molecule has 1 heterocycles. The number of halogens is 1. The zero-order valence-electron chi connectivity index (χ0n) is 13.3. The highest BCUT2D eigenvalue weighted by Gasteiger charge is 2.11. The number of para-hydroxylation sites is 1. The van der Waals surface area contributed by atoms with Gasteiger partial charge in [-0.2, -0.15) is 0 Å². The van der Waals surface area contributed by atoms with Gasteiger partial charge in [0.05, 0.1) is 13.2 Å². The molecule has 0 unspecified atom stereocenters. The van der Waals surface area contributed by atoms with Crippen molar-refractivity contribution in [2.45, 2.75) is 5.88 Å². The summed E-state index contributed by atoms with van der Waals surface area (Å²) in [5.74, 6) is 0.352. The number of amides is 2. The Hall–Kier alpha value is -2.24. The van der Waals surface area contributed by atoms with E-state index in [0.29, 0.717) is 5.88 Å². The molecule has 24 heavy (non-hydrogen) atoms. The van der Waals surface area contributed by atoms with E-state index in [1.807, 2.05) is 48.5 Å². The molecule has 2 N–H and O–H groups in total. The van der Waals surface area contributed by atoms with Crippen molar-refractivity contribution in [1.82, 2.24) is 0 Å². The molecule has 1 aliphatic rings. The molecule has 0 spiro atoms. The Bertz CT molecular complexity index is 685. The molecular formula is C18H20ClN3O2. The molecule has 0 aliphatic carbocycles. The molecule has 1 aliphatic heterocycles. The fourth-order valence-electron chi connectivity index (χ4n) is 2.62. The van der Waals surface area contributed by atoms with Gasteiger partial charge in [-0.25, -0.2) is 4.79 Å². The summed E-state index contributed by atoms with van der Waals surface area (Å²) in [6, 6.07) is 15.0. The smallest absolute Gasteiger partial charge is 0.323 e. The number of nitrogens with zero attached hydrogens (tertiary/aromatic N) is 1. The summed E-state index contributed by atoms with van der Waals surface area (Å²) < 4.78 is 5.36. The SMILES string of the molecule is O=C(Nc1ccc(N2CCOCC2)cc1)Nc1ccccc1CCl. The lowest BCUT2D eigenvalue weighted by molar-refractivity contribution is 0.122. The van der Waals surface area contributed by atoms with Gasteiger partial charge in [-0.15, -0.1) is 11.6 Å². The van der Waals surface area contributed by atoms with Crippen molar-refractivity contribution in [2.75, 3.05) is 41.8 Å². The minimum absolute atomic E-state index is 0.285. The maximum absolute atomic E-state index is 12.1. The normalized spacial score (nSPS) is 14.3. The fraction of sp³-hybridized carbons (Fsp3) is 0.278. The molecule has 2 aromatic carbocycles. The summed E-state index contributed by atoms with van der Waals surface area (Å²) >= 11 is 5.88. The van der Waals surface area contributed by atoms with Crippen molar-refractivity contribution in [1.29, 1.82) is 0 Å². The molecule has 0 radical (unpaired) electrons. The number of hydrogen-bond acceptors (Lipinski definition) is 3. The number of ether oxygens (including phenoxy) is 1. The van der Waals surface area contributed by atoms with Gasteiger partial charge in [0.1, 0.15) is 0 Å². The van der Waals surface area contributed by atoms with Crippen LogP contribution in [0.25, 0.3) is 0 Å². The number of rotatable bonds is 4. The van der Waals surface area contributed by atoms with Crippen molar-refractivity contribution in [3.05, 3.63) is 54.1 Å². The molecule has 1 saturated heterocycles. The largest absolute Gasteiger partial charge is 0.378 e. The van der Waals surface area contributed by atoms with E-state index in [0.717, 1.165) is 48.9 Å². The van der Waals surface area contributed by atoms with E-state index in [-0.39, 0.29) is 6.03 Å². The van der Waals surface area contributed by atoms with Crippen LogP contribution in [0.15, 0.2) is 48.5 Å². The van der Waals surface area contributed by atoms with Crippen LogP contribution in [-0.2, 0) is 10.6 Å². The molecule has 0 saturated carbocycles. The molecule has 6 heteroatoms. The molecular weight excluding hydrogens is 326 g/mol. The highest BCUT2D eigenvalue weighted by molar-refractivity contribution is 6.17. The van der Waals surface area contributed by atoms with E-state index < -0.39 is 0 Å². The minimum atomic E-state index is -0.285. The topological polar surface area (TPSA) is 53.6 Å². The van der Waals surface area contributed by atoms with Crippen LogP contribution in [0.2, 0.25) is 0 Å². The van der Waals surface area contributed by atoms with E-state index in [4.69, 9.17) is 16.3 Å². The van der Waals surface area contributed by atoms with Crippen LogP contribution in [0.4, 0.5) is 21.9 Å². The van der Waals surface area contributed by atoms with Gasteiger partial charge in [0.15, 0.2) is 0 Å². The molecule has 2 aromatic rings. The molecule has 126 valence electrons. The number of carbonyl (C=O) groups is 1. The predicted octanol–water partition coefficient (Wildman–Crippen LogP) is 3.91. The Labute approximate surface area is 146 Å². The average Bonchev–Trinajstić information content (AvgIpc) is 2.63. The molecule has 2 amide bonds. The second-order valence-electron chi connectivity index (χ2n) is 5.52. The monoisotopic (exact) mass is 345 g/mol. The summed E-state index contributed by atoms with van der Waals surface area (Å²) in [5.41, 5.74) is 3.48. The van der Waals surface area contributed by atoms with Crippen molar-refractivity contribution in [3.63, 3.8) is 0 Å². The second-order valence-corrected chi connectivity index (χ2v) is 5.78. The highest BCUT2D eigenvalue weighted by Crippen LogP contribution is 2.20. The zero-order valence-corrected chi connectivity index (χ0v) is 14.1. The van der Waals surface area contributed by atoms with E-state index in [2.05, 4.69) is 15.5 Å². The summed E-state index contributed by atoms with van der Waals surface area (Å²) in [7, 11) is 0. The quantitative estimate of drug-likeness (QED) is 0.826. The van der Waals surface area contributed by atoms with Gasteiger partial charge in [-0.05, 0) is 35.9 Å². The summed E-state index contributed by atoms with van der Waals surface area (Å²) in [5, 5.41) is 5.66. The first-order valence-electron chi connectivity index (χ1n) is 7.91. The van der Waals surface area contributed by atoms with Crippen LogP contribution in [0.3, 0.4) is 0 Å². The van der Waals surface area contributed by atoms with Gasteiger partial charge in [0.25, 0.3) is 0 Å². The van der Waals surface area contributed by atoms with Gasteiger partial charge < -0.3 is 20.3 Å². The van der Waals surface area contributed by atoms with Gasteiger partial charge >= 0.3 is 6.03 Å². The van der Waals surface area contributed by atoms with Crippen LogP contribution < -0.4 is 15.5 Å². The van der Waals surface area contributed by atoms with Crippen LogP contribution in [-0.4, -0.2) is 32.3 Å². The number of anilines is 3. The molecule has 1 fully saturated rings. The maximum Gasteiger partial charge on any atom is 0.323 e. The highest BCUT2D eigenvalue weighted by atomic mass is 35.5.